The van der Waals surface area contributed by atoms with E-state index < -0.39 is 0 Å². The number of halogens is 1. The molecule has 3 rings (SSSR count). The van der Waals surface area contributed by atoms with E-state index in [4.69, 9.17) is 16.3 Å². The second-order valence-electron chi connectivity index (χ2n) is 5.70. The molecule has 0 radical (unpaired) electrons. The third-order valence-corrected chi connectivity index (χ3v) is 4.34. The summed E-state index contributed by atoms with van der Waals surface area (Å²) in [5, 5.41) is 4.92. The van der Waals surface area contributed by atoms with Crippen LogP contribution < -0.4 is 0 Å². The largest absolute Gasteiger partial charge is 0.377 e. The number of nitrogens with zero attached hydrogens (tertiary/aromatic N) is 4. The van der Waals surface area contributed by atoms with Crippen molar-refractivity contribution in [1.29, 1.82) is 0 Å². The van der Waals surface area contributed by atoms with Crippen molar-refractivity contribution < 1.29 is 9.53 Å². The average molecular weight is 335 g/mol. The molecule has 1 aliphatic heterocycles. The SMILES string of the molecule is COCc1nc(C(=O)N2CCC(c3ccc(Cl)cc3)C2)n(C)n1. The van der Waals surface area contributed by atoms with Gasteiger partial charge in [-0.15, -0.1) is 0 Å². The Kier molecular flexibility index (Phi) is 4.63. The fourth-order valence-corrected chi connectivity index (χ4v) is 3.03. The first-order valence-corrected chi connectivity index (χ1v) is 7.90. The number of aromatic nitrogens is 3. The van der Waals surface area contributed by atoms with E-state index in [1.54, 1.807) is 14.2 Å². The lowest BCUT2D eigenvalue weighted by molar-refractivity contribution is 0.0773. The van der Waals surface area contributed by atoms with Crippen molar-refractivity contribution in [1.82, 2.24) is 19.7 Å². The van der Waals surface area contributed by atoms with E-state index >= 15 is 0 Å². The monoisotopic (exact) mass is 334 g/mol. The molecule has 0 aliphatic carbocycles. The summed E-state index contributed by atoms with van der Waals surface area (Å²) in [5.74, 6) is 1.13. The Hall–Kier alpha value is -1.92. The molecular weight excluding hydrogens is 316 g/mol. The van der Waals surface area contributed by atoms with Crippen molar-refractivity contribution in [2.24, 2.45) is 7.05 Å². The number of rotatable bonds is 4. The molecule has 1 aliphatic rings. The van der Waals surface area contributed by atoms with Gasteiger partial charge in [0, 0.05) is 38.2 Å². The molecular formula is C16H19ClN4O2. The Bertz CT molecular complexity index is 699. The number of hydrogen-bond donors (Lipinski definition) is 0. The molecule has 0 spiro atoms. The number of ether oxygens (including phenoxy) is 1. The van der Waals surface area contributed by atoms with Crippen LogP contribution in [0.1, 0.15) is 34.3 Å². The molecule has 1 aromatic carbocycles. The van der Waals surface area contributed by atoms with E-state index in [1.807, 2.05) is 29.2 Å². The number of methoxy groups -OCH3 is 1. The predicted molar refractivity (Wildman–Crippen MR) is 86.4 cm³/mol. The first kappa shape index (κ1) is 16.0. The maximum atomic E-state index is 12.7. The summed E-state index contributed by atoms with van der Waals surface area (Å²) in [6, 6.07) is 7.84. The zero-order valence-corrected chi connectivity index (χ0v) is 14.0. The number of likely N-dealkylation sites (tertiary alicyclic amines) is 1. The Labute approximate surface area is 140 Å². The highest BCUT2D eigenvalue weighted by molar-refractivity contribution is 6.30. The molecule has 1 fully saturated rings. The van der Waals surface area contributed by atoms with Crippen LogP contribution in [0, 0.1) is 0 Å². The highest BCUT2D eigenvalue weighted by atomic mass is 35.5. The van der Waals surface area contributed by atoms with Crippen LogP contribution >= 0.6 is 11.6 Å². The van der Waals surface area contributed by atoms with Crippen LogP contribution in [0.2, 0.25) is 5.02 Å². The molecule has 1 unspecified atom stereocenters. The highest BCUT2D eigenvalue weighted by Crippen LogP contribution is 2.28. The normalized spacial score (nSPS) is 17.7. The first-order valence-electron chi connectivity index (χ1n) is 7.52. The predicted octanol–water partition coefficient (Wildman–Crippen LogP) is 2.24. The van der Waals surface area contributed by atoms with E-state index in [1.165, 1.54) is 10.2 Å². The molecule has 7 heteroatoms. The van der Waals surface area contributed by atoms with Gasteiger partial charge < -0.3 is 9.64 Å². The summed E-state index contributed by atoms with van der Waals surface area (Å²) >= 11 is 5.93. The Morgan fingerprint density at radius 3 is 2.83 bits per heavy atom. The lowest BCUT2D eigenvalue weighted by atomic mass is 9.99. The molecule has 1 atom stereocenters. The summed E-state index contributed by atoms with van der Waals surface area (Å²) < 4.78 is 6.53. The Morgan fingerprint density at radius 1 is 1.39 bits per heavy atom. The zero-order valence-electron chi connectivity index (χ0n) is 13.2. The quantitative estimate of drug-likeness (QED) is 0.860. The second kappa shape index (κ2) is 6.68. The van der Waals surface area contributed by atoms with Crippen molar-refractivity contribution in [3.63, 3.8) is 0 Å². The minimum absolute atomic E-state index is 0.0844. The van der Waals surface area contributed by atoms with E-state index in [0.717, 1.165) is 18.0 Å². The lowest BCUT2D eigenvalue weighted by Gasteiger charge is -2.16. The van der Waals surface area contributed by atoms with Gasteiger partial charge in [0.05, 0.1) is 0 Å². The molecule has 0 bridgehead atoms. The van der Waals surface area contributed by atoms with Gasteiger partial charge >= 0.3 is 0 Å². The van der Waals surface area contributed by atoms with Gasteiger partial charge in [-0.05, 0) is 24.1 Å². The minimum atomic E-state index is -0.0844. The average Bonchev–Trinajstić information content (AvgIpc) is 3.15. The van der Waals surface area contributed by atoms with Crippen LogP contribution in [0.15, 0.2) is 24.3 Å². The summed E-state index contributed by atoms with van der Waals surface area (Å²) in [5.41, 5.74) is 1.21. The molecule has 2 aromatic rings. The summed E-state index contributed by atoms with van der Waals surface area (Å²) in [6.45, 7) is 1.71. The molecule has 1 aromatic heterocycles. The molecule has 23 heavy (non-hydrogen) atoms. The number of amides is 1. The van der Waals surface area contributed by atoms with Gasteiger partial charge in [-0.1, -0.05) is 23.7 Å². The maximum Gasteiger partial charge on any atom is 0.291 e. The van der Waals surface area contributed by atoms with E-state index in [0.29, 0.717) is 30.7 Å². The van der Waals surface area contributed by atoms with E-state index in [2.05, 4.69) is 10.1 Å². The Balaban J connectivity index is 1.71. The molecule has 6 nitrogen and oxygen atoms in total. The Morgan fingerprint density at radius 2 is 2.13 bits per heavy atom. The molecule has 122 valence electrons. The van der Waals surface area contributed by atoms with Crippen molar-refractivity contribution >= 4 is 17.5 Å². The summed E-state index contributed by atoms with van der Waals surface area (Å²) in [6.07, 6.45) is 0.941. The van der Waals surface area contributed by atoms with Gasteiger partial charge in [0.25, 0.3) is 5.91 Å². The minimum Gasteiger partial charge on any atom is -0.377 e. The third-order valence-electron chi connectivity index (χ3n) is 4.09. The molecule has 2 heterocycles. The van der Waals surface area contributed by atoms with Crippen molar-refractivity contribution in [3.8, 4) is 0 Å². The fraction of sp³-hybridized carbons (Fsp3) is 0.438. The van der Waals surface area contributed by atoms with Gasteiger partial charge in [0.2, 0.25) is 5.82 Å². The summed E-state index contributed by atoms with van der Waals surface area (Å²) in [4.78, 5) is 18.8. The number of aryl methyl sites for hydroxylation is 1. The molecule has 0 saturated carbocycles. The van der Waals surface area contributed by atoms with Gasteiger partial charge in [-0.25, -0.2) is 9.67 Å². The highest BCUT2D eigenvalue weighted by Gasteiger charge is 2.30. The number of hydrogen-bond acceptors (Lipinski definition) is 4. The van der Waals surface area contributed by atoms with Gasteiger partial charge in [0.15, 0.2) is 5.82 Å². The topological polar surface area (TPSA) is 60.2 Å². The summed E-state index contributed by atoms with van der Waals surface area (Å²) in [7, 11) is 3.31. The first-order chi connectivity index (χ1) is 11.1. The lowest BCUT2D eigenvalue weighted by Crippen LogP contribution is -2.30. The number of carbonyl (C=O) groups excluding carboxylic acids is 1. The van der Waals surface area contributed by atoms with Gasteiger partial charge in [0.1, 0.15) is 6.61 Å². The second-order valence-corrected chi connectivity index (χ2v) is 6.13. The van der Waals surface area contributed by atoms with E-state index in [-0.39, 0.29) is 5.91 Å². The van der Waals surface area contributed by atoms with Crippen LogP contribution in [0.4, 0.5) is 0 Å². The van der Waals surface area contributed by atoms with Gasteiger partial charge in [-0.2, -0.15) is 5.10 Å². The van der Waals surface area contributed by atoms with Crippen molar-refractivity contribution in [2.45, 2.75) is 18.9 Å². The number of benzene rings is 1. The van der Waals surface area contributed by atoms with Crippen LogP contribution in [-0.4, -0.2) is 45.8 Å². The standard InChI is InChI=1S/C16H19ClN4O2/c1-20-15(18-14(19-20)10-23-2)16(22)21-8-7-12(9-21)11-3-5-13(17)6-4-11/h3-6,12H,7-10H2,1-2H3. The number of carbonyl (C=O) groups is 1. The van der Waals surface area contributed by atoms with Crippen LogP contribution in [0.5, 0.6) is 0 Å². The van der Waals surface area contributed by atoms with E-state index in [9.17, 15) is 4.79 Å². The van der Waals surface area contributed by atoms with Gasteiger partial charge in [-0.3, -0.25) is 4.79 Å². The van der Waals surface area contributed by atoms with Crippen LogP contribution in [0.3, 0.4) is 0 Å². The molecule has 0 N–H and O–H groups in total. The molecule has 1 saturated heterocycles. The zero-order chi connectivity index (χ0) is 16.4. The van der Waals surface area contributed by atoms with Crippen LogP contribution in [0.25, 0.3) is 0 Å². The van der Waals surface area contributed by atoms with Crippen molar-refractivity contribution in [3.05, 3.63) is 46.5 Å². The van der Waals surface area contributed by atoms with Crippen LogP contribution in [-0.2, 0) is 18.4 Å². The fourth-order valence-electron chi connectivity index (χ4n) is 2.91. The third kappa shape index (κ3) is 3.38. The maximum absolute atomic E-state index is 12.7. The molecule has 1 amide bonds. The van der Waals surface area contributed by atoms with Crippen molar-refractivity contribution in [2.75, 3.05) is 20.2 Å². The smallest absolute Gasteiger partial charge is 0.291 e.